The molecule has 0 heterocycles. The van der Waals surface area contributed by atoms with E-state index in [4.69, 9.17) is 17.4 Å². The Morgan fingerprint density at radius 1 is 1.56 bits per heavy atom. The molecule has 1 aliphatic carbocycles. The highest BCUT2D eigenvalue weighted by atomic mass is 35.5. The number of nitrogens with two attached hydrogens (primary N) is 1. The lowest BCUT2D eigenvalue weighted by Gasteiger charge is -2.08. The second-order valence-electron chi connectivity index (χ2n) is 3.83. The third-order valence-corrected chi connectivity index (χ3v) is 2.81. The Balaban J connectivity index is 2.18. The van der Waals surface area contributed by atoms with E-state index in [-0.39, 0.29) is 5.82 Å². The first-order chi connectivity index (χ1) is 7.70. The number of rotatable bonds is 3. The Morgan fingerprint density at radius 3 is 2.88 bits per heavy atom. The predicted molar refractivity (Wildman–Crippen MR) is 62.9 cm³/mol. The molecule has 0 bridgehead atoms. The van der Waals surface area contributed by atoms with Gasteiger partial charge in [-0.25, -0.2) is 10.2 Å². The van der Waals surface area contributed by atoms with E-state index in [0.717, 1.165) is 12.8 Å². The second-order valence-corrected chi connectivity index (χ2v) is 4.24. The van der Waals surface area contributed by atoms with Gasteiger partial charge in [0.2, 0.25) is 0 Å². The van der Waals surface area contributed by atoms with E-state index in [1.165, 1.54) is 6.07 Å². The fourth-order valence-electron chi connectivity index (χ4n) is 1.43. The molecule has 2 rings (SSSR count). The molecule has 0 aliphatic heterocycles. The average molecular weight is 242 g/mol. The van der Waals surface area contributed by atoms with E-state index in [2.05, 4.69) is 10.4 Å². The third kappa shape index (κ3) is 2.71. The average Bonchev–Trinajstić information content (AvgIpc) is 3.06. The molecule has 86 valence electrons. The zero-order valence-electron chi connectivity index (χ0n) is 8.71. The van der Waals surface area contributed by atoms with Crippen LogP contribution < -0.4 is 11.3 Å². The predicted octanol–water partition coefficient (Wildman–Crippen LogP) is 2.05. The van der Waals surface area contributed by atoms with Gasteiger partial charge >= 0.3 is 0 Å². The molecule has 16 heavy (non-hydrogen) atoms. The molecule has 0 spiro atoms. The lowest BCUT2D eigenvalue weighted by Crippen LogP contribution is -2.32. The van der Waals surface area contributed by atoms with E-state index >= 15 is 0 Å². The molecule has 0 saturated heterocycles. The molecular formula is C11H13ClFN3. The monoisotopic (exact) mass is 241 g/mol. The quantitative estimate of drug-likeness (QED) is 0.368. The van der Waals surface area contributed by atoms with Crippen molar-refractivity contribution in [3.63, 3.8) is 0 Å². The minimum absolute atomic E-state index is 0.304. The number of benzene rings is 1. The van der Waals surface area contributed by atoms with Crippen LogP contribution in [0, 0.1) is 5.82 Å². The highest BCUT2D eigenvalue weighted by Crippen LogP contribution is 2.24. The number of hydrazine groups is 1. The minimum atomic E-state index is -0.328. The zero-order chi connectivity index (χ0) is 11.5. The molecule has 1 aromatic carbocycles. The van der Waals surface area contributed by atoms with Crippen molar-refractivity contribution in [3.05, 3.63) is 34.6 Å². The van der Waals surface area contributed by atoms with Gasteiger partial charge < -0.3 is 5.43 Å². The summed E-state index contributed by atoms with van der Waals surface area (Å²) in [7, 11) is 0. The lowest BCUT2D eigenvalue weighted by atomic mass is 10.1. The summed E-state index contributed by atoms with van der Waals surface area (Å²) in [6.07, 6.45) is 2.46. The van der Waals surface area contributed by atoms with Crippen molar-refractivity contribution < 1.29 is 4.39 Å². The van der Waals surface area contributed by atoms with Crippen LogP contribution >= 0.6 is 11.6 Å². The number of halogens is 2. The first-order valence-electron chi connectivity index (χ1n) is 5.17. The van der Waals surface area contributed by atoms with E-state index in [1.807, 2.05) is 0 Å². The lowest BCUT2D eigenvalue weighted by molar-refractivity contribution is 0.615. The number of aliphatic imine (C=N–C) groups is 1. The molecule has 3 nitrogen and oxygen atoms in total. The first kappa shape index (κ1) is 11.4. The van der Waals surface area contributed by atoms with Gasteiger partial charge in [0, 0.05) is 17.0 Å². The fourth-order valence-corrected chi connectivity index (χ4v) is 1.66. The summed E-state index contributed by atoms with van der Waals surface area (Å²) in [6.45, 7) is 0. The summed E-state index contributed by atoms with van der Waals surface area (Å²) in [5, 5.41) is 0.402. The summed E-state index contributed by atoms with van der Waals surface area (Å²) >= 11 is 5.92. The van der Waals surface area contributed by atoms with Crippen molar-refractivity contribution in [2.24, 2.45) is 10.8 Å². The first-order valence-corrected chi connectivity index (χ1v) is 5.54. The Kier molecular flexibility index (Phi) is 3.41. The van der Waals surface area contributed by atoms with Gasteiger partial charge in [0.1, 0.15) is 11.7 Å². The van der Waals surface area contributed by atoms with Crippen molar-refractivity contribution in [1.29, 1.82) is 0 Å². The molecule has 1 aromatic rings. The molecule has 1 aliphatic rings. The largest absolute Gasteiger partial charge is 0.312 e. The number of nitrogens with zero attached hydrogens (tertiary/aromatic N) is 1. The molecule has 1 fully saturated rings. The van der Waals surface area contributed by atoms with Gasteiger partial charge in [0.05, 0.1) is 6.04 Å². The van der Waals surface area contributed by atoms with Crippen LogP contribution in [0.1, 0.15) is 18.4 Å². The zero-order valence-corrected chi connectivity index (χ0v) is 9.47. The van der Waals surface area contributed by atoms with Crippen molar-refractivity contribution in [3.8, 4) is 0 Å². The Morgan fingerprint density at radius 2 is 2.31 bits per heavy atom. The van der Waals surface area contributed by atoms with Gasteiger partial charge in [0.25, 0.3) is 0 Å². The standard InChI is InChI=1S/C11H13ClFN3/c12-9-2-1-3-10(13)8(9)6-11(16-14)15-7-4-5-7/h1-3,7H,4-6,14H2,(H,15,16). The maximum atomic E-state index is 13.5. The van der Waals surface area contributed by atoms with E-state index in [0.29, 0.717) is 28.9 Å². The van der Waals surface area contributed by atoms with Gasteiger partial charge in [-0.1, -0.05) is 17.7 Å². The van der Waals surface area contributed by atoms with Gasteiger partial charge in [-0.05, 0) is 25.0 Å². The molecule has 3 N–H and O–H groups in total. The highest BCUT2D eigenvalue weighted by molar-refractivity contribution is 6.31. The smallest absolute Gasteiger partial charge is 0.128 e. The van der Waals surface area contributed by atoms with Gasteiger partial charge in [-0.15, -0.1) is 0 Å². The van der Waals surface area contributed by atoms with Gasteiger partial charge in [-0.3, -0.25) is 4.99 Å². The second kappa shape index (κ2) is 4.80. The SMILES string of the molecule is NNC(Cc1c(F)cccc1Cl)=NC1CC1. The summed E-state index contributed by atoms with van der Waals surface area (Å²) in [6, 6.07) is 4.96. The van der Waals surface area contributed by atoms with Crippen LogP contribution in [0.4, 0.5) is 4.39 Å². The van der Waals surface area contributed by atoms with E-state index in [9.17, 15) is 4.39 Å². The molecule has 1 saturated carbocycles. The molecule has 0 radical (unpaired) electrons. The van der Waals surface area contributed by atoms with Crippen LogP contribution in [0.2, 0.25) is 5.02 Å². The minimum Gasteiger partial charge on any atom is -0.312 e. The Hall–Kier alpha value is -1.13. The number of nitrogens with one attached hydrogen (secondary N) is 1. The third-order valence-electron chi connectivity index (χ3n) is 2.46. The van der Waals surface area contributed by atoms with Crippen molar-refractivity contribution in [1.82, 2.24) is 5.43 Å². The Bertz CT molecular complexity index is 395. The van der Waals surface area contributed by atoms with Crippen LogP contribution in [0.25, 0.3) is 0 Å². The fraction of sp³-hybridized carbons (Fsp3) is 0.364. The molecule has 0 unspecified atom stereocenters. The normalized spacial score (nSPS) is 16.3. The summed E-state index contributed by atoms with van der Waals surface area (Å²) in [5.74, 6) is 5.60. The summed E-state index contributed by atoms with van der Waals surface area (Å²) < 4.78 is 13.5. The van der Waals surface area contributed by atoms with Crippen LogP contribution in [0.15, 0.2) is 23.2 Å². The molecular weight excluding hydrogens is 229 g/mol. The van der Waals surface area contributed by atoms with Gasteiger partial charge in [-0.2, -0.15) is 0 Å². The maximum Gasteiger partial charge on any atom is 0.128 e. The number of amidine groups is 1. The molecule has 0 atom stereocenters. The summed E-state index contributed by atoms with van der Waals surface area (Å²) in [5.41, 5.74) is 2.93. The van der Waals surface area contributed by atoms with E-state index < -0.39 is 0 Å². The topological polar surface area (TPSA) is 50.4 Å². The molecule has 0 aromatic heterocycles. The number of hydrogen-bond acceptors (Lipinski definition) is 2. The Labute approximate surface area is 98.5 Å². The van der Waals surface area contributed by atoms with Crippen LogP contribution in [-0.4, -0.2) is 11.9 Å². The van der Waals surface area contributed by atoms with Crippen molar-refractivity contribution in [2.75, 3.05) is 0 Å². The van der Waals surface area contributed by atoms with Crippen molar-refractivity contribution >= 4 is 17.4 Å². The van der Waals surface area contributed by atoms with Crippen LogP contribution in [0.3, 0.4) is 0 Å². The number of hydrogen-bond donors (Lipinski definition) is 2. The summed E-state index contributed by atoms with van der Waals surface area (Å²) in [4.78, 5) is 4.34. The van der Waals surface area contributed by atoms with Crippen molar-refractivity contribution in [2.45, 2.75) is 25.3 Å². The highest BCUT2D eigenvalue weighted by Gasteiger charge is 2.21. The van der Waals surface area contributed by atoms with Crippen LogP contribution in [0.5, 0.6) is 0 Å². The van der Waals surface area contributed by atoms with Crippen LogP contribution in [-0.2, 0) is 6.42 Å². The maximum absolute atomic E-state index is 13.5. The molecule has 0 amide bonds. The van der Waals surface area contributed by atoms with Gasteiger partial charge in [0.15, 0.2) is 0 Å². The molecule has 5 heteroatoms. The van der Waals surface area contributed by atoms with E-state index in [1.54, 1.807) is 12.1 Å².